The first-order valence-electron chi connectivity index (χ1n) is 9.54. The Hall–Kier alpha value is -2.55. The summed E-state index contributed by atoms with van der Waals surface area (Å²) in [7, 11) is 1.81. The molecule has 28 heavy (non-hydrogen) atoms. The molecule has 0 aromatic carbocycles. The fourth-order valence-electron chi connectivity index (χ4n) is 3.65. The predicted octanol–water partition coefficient (Wildman–Crippen LogP) is 3.82. The average Bonchev–Trinajstić information content (AvgIpc) is 3.41. The molecule has 0 bridgehead atoms. The smallest absolute Gasteiger partial charge is 0.235 e. The van der Waals surface area contributed by atoms with E-state index in [2.05, 4.69) is 25.2 Å². The molecule has 3 aromatic heterocycles. The van der Waals surface area contributed by atoms with Crippen LogP contribution in [0.3, 0.4) is 0 Å². The van der Waals surface area contributed by atoms with Crippen molar-refractivity contribution in [3.8, 4) is 11.6 Å². The predicted molar refractivity (Wildman–Crippen MR) is 107 cm³/mol. The molecule has 9 heteroatoms. The van der Waals surface area contributed by atoms with E-state index in [1.165, 1.54) is 31.0 Å². The van der Waals surface area contributed by atoms with Crippen molar-refractivity contribution < 1.29 is 9.21 Å². The summed E-state index contributed by atoms with van der Waals surface area (Å²) in [4.78, 5) is 12.4. The van der Waals surface area contributed by atoms with E-state index in [1.807, 2.05) is 32.2 Å². The lowest BCUT2D eigenvalue weighted by Gasteiger charge is -2.25. The van der Waals surface area contributed by atoms with Gasteiger partial charge in [-0.15, -0.1) is 10.2 Å². The highest BCUT2D eigenvalue weighted by Crippen LogP contribution is 2.35. The number of hydrogen-bond donors (Lipinski definition) is 1. The minimum Gasteiger partial charge on any atom is -0.461 e. The van der Waals surface area contributed by atoms with Gasteiger partial charge in [-0.25, -0.2) is 0 Å². The van der Waals surface area contributed by atoms with E-state index in [1.54, 1.807) is 10.9 Å². The number of aromatic nitrogens is 5. The second kappa shape index (κ2) is 8.22. The molecule has 1 aliphatic rings. The Bertz CT molecular complexity index is 940. The van der Waals surface area contributed by atoms with Gasteiger partial charge in [-0.05, 0) is 31.9 Å². The fraction of sp³-hybridized carbons (Fsp3) is 0.474. The molecule has 0 radical (unpaired) electrons. The van der Waals surface area contributed by atoms with Crippen LogP contribution in [0, 0.1) is 6.92 Å². The van der Waals surface area contributed by atoms with Crippen molar-refractivity contribution in [1.82, 2.24) is 24.5 Å². The van der Waals surface area contributed by atoms with Gasteiger partial charge in [-0.2, -0.15) is 5.10 Å². The lowest BCUT2D eigenvalue weighted by molar-refractivity contribution is -0.113. The molecule has 1 N–H and O–H groups in total. The van der Waals surface area contributed by atoms with E-state index in [-0.39, 0.29) is 11.7 Å². The zero-order chi connectivity index (χ0) is 19.5. The van der Waals surface area contributed by atoms with Gasteiger partial charge in [0.1, 0.15) is 5.82 Å². The molecule has 3 heterocycles. The van der Waals surface area contributed by atoms with Gasteiger partial charge in [0.05, 0.1) is 17.7 Å². The molecule has 1 fully saturated rings. The second-order valence-corrected chi connectivity index (χ2v) is 8.02. The number of thioether (sulfide) groups is 1. The van der Waals surface area contributed by atoms with Crippen LogP contribution in [0.2, 0.25) is 0 Å². The highest BCUT2D eigenvalue weighted by atomic mass is 32.2. The molecule has 148 valence electrons. The summed E-state index contributed by atoms with van der Waals surface area (Å²) in [5.74, 6) is 2.30. The van der Waals surface area contributed by atoms with Crippen LogP contribution in [0.5, 0.6) is 0 Å². The van der Waals surface area contributed by atoms with Crippen molar-refractivity contribution in [2.75, 3.05) is 11.1 Å². The van der Waals surface area contributed by atoms with Crippen molar-refractivity contribution in [2.45, 2.75) is 50.2 Å². The van der Waals surface area contributed by atoms with E-state index < -0.39 is 0 Å². The topological polar surface area (TPSA) is 90.8 Å². The lowest BCUT2D eigenvalue weighted by atomic mass is 9.95. The summed E-state index contributed by atoms with van der Waals surface area (Å²) in [6, 6.07) is 5.94. The van der Waals surface area contributed by atoms with Gasteiger partial charge >= 0.3 is 0 Å². The van der Waals surface area contributed by atoms with E-state index in [0.717, 1.165) is 29.5 Å². The number of carbonyl (C=O) groups excluding carboxylic acids is 1. The van der Waals surface area contributed by atoms with Gasteiger partial charge in [0, 0.05) is 19.2 Å². The highest BCUT2D eigenvalue weighted by molar-refractivity contribution is 7.99. The largest absolute Gasteiger partial charge is 0.461 e. The molecule has 0 spiro atoms. The Morgan fingerprint density at radius 2 is 2.14 bits per heavy atom. The number of amides is 1. The van der Waals surface area contributed by atoms with Crippen LogP contribution in [-0.2, 0) is 11.8 Å². The summed E-state index contributed by atoms with van der Waals surface area (Å²) >= 11 is 1.40. The van der Waals surface area contributed by atoms with Crippen LogP contribution in [0.25, 0.3) is 11.6 Å². The summed E-state index contributed by atoms with van der Waals surface area (Å²) < 4.78 is 9.38. The molecule has 0 unspecified atom stereocenters. The van der Waals surface area contributed by atoms with E-state index in [4.69, 9.17) is 4.42 Å². The van der Waals surface area contributed by atoms with Crippen molar-refractivity contribution in [1.29, 1.82) is 0 Å². The standard InChI is InChI=1S/C19H24N6O2S/c1-13-11-16(24(2)23-13)20-17(26)12-28-19-22-21-18(15-9-6-10-27-15)25(19)14-7-4-3-5-8-14/h6,9-11,14H,3-5,7-8,12H2,1-2H3,(H,20,26). The molecule has 4 rings (SSSR count). The fourth-order valence-corrected chi connectivity index (χ4v) is 4.46. The number of hydrogen-bond acceptors (Lipinski definition) is 6. The van der Waals surface area contributed by atoms with Crippen LogP contribution in [0.15, 0.2) is 34.0 Å². The van der Waals surface area contributed by atoms with Crippen molar-refractivity contribution in [3.05, 3.63) is 30.2 Å². The maximum Gasteiger partial charge on any atom is 0.235 e. The maximum atomic E-state index is 12.4. The monoisotopic (exact) mass is 400 g/mol. The minimum atomic E-state index is -0.0919. The first-order chi connectivity index (χ1) is 13.6. The lowest BCUT2D eigenvalue weighted by Crippen LogP contribution is -2.18. The Morgan fingerprint density at radius 1 is 1.32 bits per heavy atom. The summed E-state index contributed by atoms with van der Waals surface area (Å²) in [6.45, 7) is 1.90. The Morgan fingerprint density at radius 3 is 2.82 bits per heavy atom. The third-order valence-electron chi connectivity index (χ3n) is 4.95. The highest BCUT2D eigenvalue weighted by Gasteiger charge is 2.25. The first-order valence-corrected chi connectivity index (χ1v) is 10.5. The van der Waals surface area contributed by atoms with Gasteiger partial charge in [0.2, 0.25) is 11.7 Å². The SMILES string of the molecule is Cc1cc(NC(=O)CSc2nnc(-c3ccco3)n2C2CCCCC2)n(C)n1. The average molecular weight is 401 g/mol. The number of carbonyl (C=O) groups is 1. The van der Waals surface area contributed by atoms with E-state index >= 15 is 0 Å². The molecule has 0 atom stereocenters. The Kier molecular flexibility index (Phi) is 5.52. The van der Waals surface area contributed by atoms with Crippen molar-refractivity contribution >= 4 is 23.5 Å². The van der Waals surface area contributed by atoms with Crippen molar-refractivity contribution in [2.24, 2.45) is 7.05 Å². The van der Waals surface area contributed by atoms with Gasteiger partial charge < -0.3 is 9.73 Å². The number of anilines is 1. The zero-order valence-corrected chi connectivity index (χ0v) is 16.9. The third-order valence-corrected chi connectivity index (χ3v) is 5.89. The van der Waals surface area contributed by atoms with Crippen LogP contribution < -0.4 is 5.32 Å². The maximum absolute atomic E-state index is 12.4. The molecular formula is C19H24N6O2S. The molecule has 1 amide bonds. The number of rotatable bonds is 6. The van der Waals surface area contributed by atoms with Gasteiger partial charge in [0.15, 0.2) is 10.9 Å². The van der Waals surface area contributed by atoms with E-state index in [9.17, 15) is 4.79 Å². The van der Waals surface area contributed by atoms with Crippen LogP contribution in [0.4, 0.5) is 5.82 Å². The summed E-state index contributed by atoms with van der Waals surface area (Å²) in [5.41, 5.74) is 0.866. The molecule has 8 nitrogen and oxygen atoms in total. The van der Waals surface area contributed by atoms with Crippen molar-refractivity contribution in [3.63, 3.8) is 0 Å². The third kappa shape index (κ3) is 3.99. The normalized spacial score (nSPS) is 15.1. The van der Waals surface area contributed by atoms with E-state index in [0.29, 0.717) is 17.6 Å². The summed E-state index contributed by atoms with van der Waals surface area (Å²) in [6.07, 6.45) is 7.50. The van der Waals surface area contributed by atoms with Gasteiger partial charge in [-0.3, -0.25) is 14.0 Å². The molecule has 1 aliphatic carbocycles. The zero-order valence-electron chi connectivity index (χ0n) is 16.1. The van der Waals surface area contributed by atoms with Crippen LogP contribution in [-0.4, -0.2) is 36.2 Å². The Labute approximate surface area is 167 Å². The first kappa shape index (κ1) is 18.8. The molecule has 1 saturated carbocycles. The minimum absolute atomic E-state index is 0.0919. The number of nitrogens with one attached hydrogen (secondary N) is 1. The van der Waals surface area contributed by atoms with Crippen LogP contribution >= 0.6 is 11.8 Å². The quantitative estimate of drug-likeness (QED) is 0.633. The number of nitrogens with zero attached hydrogens (tertiary/aromatic N) is 5. The molecule has 0 saturated heterocycles. The molecule has 3 aromatic rings. The second-order valence-electron chi connectivity index (χ2n) is 7.08. The number of furan rings is 1. The molecular weight excluding hydrogens is 376 g/mol. The van der Waals surface area contributed by atoms with Crippen LogP contribution in [0.1, 0.15) is 43.8 Å². The Balaban J connectivity index is 1.50. The summed E-state index contributed by atoms with van der Waals surface area (Å²) in [5, 5.41) is 16.6. The van der Waals surface area contributed by atoms with Gasteiger partial charge in [0.25, 0.3) is 0 Å². The number of aryl methyl sites for hydroxylation is 2. The molecule has 0 aliphatic heterocycles. The van der Waals surface area contributed by atoms with Gasteiger partial charge in [-0.1, -0.05) is 31.0 Å².